The summed E-state index contributed by atoms with van der Waals surface area (Å²) in [6.45, 7) is 2.48. The zero-order valence-corrected chi connectivity index (χ0v) is 11.3. The first-order valence-corrected chi connectivity index (χ1v) is 6.03. The highest BCUT2D eigenvalue weighted by molar-refractivity contribution is 5.85. The van der Waals surface area contributed by atoms with E-state index in [0.29, 0.717) is 18.2 Å². The lowest BCUT2D eigenvalue weighted by atomic mass is 10.1. The van der Waals surface area contributed by atoms with Crippen molar-refractivity contribution in [1.29, 1.82) is 0 Å². The molecular weight excluding hydrogens is 258 g/mol. The van der Waals surface area contributed by atoms with E-state index in [1.54, 1.807) is 6.07 Å². The van der Waals surface area contributed by atoms with E-state index in [4.69, 9.17) is 0 Å². The average Bonchev–Trinajstić information content (AvgIpc) is 2.71. The number of likely N-dealkylation sites (tertiary alicyclic amines) is 1. The lowest BCUT2D eigenvalue weighted by Crippen LogP contribution is -2.36. The highest BCUT2D eigenvalue weighted by Crippen LogP contribution is 2.21. The summed E-state index contributed by atoms with van der Waals surface area (Å²) in [4.78, 5) is 2.26. The Hall–Kier alpha value is -0.710. The molecule has 1 unspecified atom stereocenters. The van der Waals surface area contributed by atoms with Crippen LogP contribution in [0.3, 0.4) is 0 Å². The molecule has 0 bridgehead atoms. The second-order valence-electron chi connectivity index (χ2n) is 4.56. The zero-order chi connectivity index (χ0) is 12.3. The number of rotatable bonds is 4. The third-order valence-corrected chi connectivity index (χ3v) is 3.33. The fourth-order valence-electron chi connectivity index (χ4n) is 2.44. The van der Waals surface area contributed by atoms with Gasteiger partial charge < -0.3 is 5.32 Å². The zero-order valence-electron chi connectivity index (χ0n) is 10.5. The second kappa shape index (κ2) is 7.02. The molecule has 1 atom stereocenters. The first-order chi connectivity index (χ1) is 8.20. The fraction of sp³-hybridized carbons (Fsp3) is 0.538. The summed E-state index contributed by atoms with van der Waals surface area (Å²) in [5, 5.41) is 3.15. The summed E-state index contributed by atoms with van der Waals surface area (Å²) in [6.07, 6.45) is 2.29. The maximum absolute atomic E-state index is 13.5. The van der Waals surface area contributed by atoms with Gasteiger partial charge in [0.05, 0.1) is 0 Å². The van der Waals surface area contributed by atoms with Gasteiger partial charge in [-0.1, -0.05) is 6.07 Å². The van der Waals surface area contributed by atoms with Crippen molar-refractivity contribution in [3.8, 4) is 0 Å². The summed E-state index contributed by atoms with van der Waals surface area (Å²) < 4.78 is 26.3. The second-order valence-corrected chi connectivity index (χ2v) is 4.56. The van der Waals surface area contributed by atoms with E-state index in [1.165, 1.54) is 6.07 Å². The Morgan fingerprint density at radius 1 is 1.39 bits per heavy atom. The van der Waals surface area contributed by atoms with Crippen LogP contribution in [0.25, 0.3) is 0 Å². The molecule has 102 valence electrons. The minimum Gasteiger partial charge on any atom is -0.318 e. The molecule has 2 nitrogen and oxygen atoms in total. The number of hydrogen-bond donors (Lipinski definition) is 1. The Balaban J connectivity index is 0.00000162. The van der Waals surface area contributed by atoms with Gasteiger partial charge in [0.2, 0.25) is 0 Å². The quantitative estimate of drug-likeness (QED) is 0.909. The maximum Gasteiger partial charge on any atom is 0.130 e. The van der Waals surface area contributed by atoms with Gasteiger partial charge in [0, 0.05) is 30.8 Å². The Labute approximate surface area is 113 Å². The molecule has 1 aromatic rings. The van der Waals surface area contributed by atoms with Crippen molar-refractivity contribution in [3.63, 3.8) is 0 Å². The van der Waals surface area contributed by atoms with E-state index in [9.17, 15) is 8.78 Å². The highest BCUT2D eigenvalue weighted by atomic mass is 35.5. The van der Waals surface area contributed by atoms with Crippen molar-refractivity contribution in [2.75, 3.05) is 20.1 Å². The molecule has 0 saturated carbocycles. The number of likely N-dealkylation sites (N-methyl/N-ethyl adjacent to an activating group) is 1. The molecule has 1 aromatic carbocycles. The molecule has 18 heavy (non-hydrogen) atoms. The van der Waals surface area contributed by atoms with Crippen molar-refractivity contribution in [3.05, 3.63) is 35.4 Å². The van der Waals surface area contributed by atoms with E-state index < -0.39 is 11.6 Å². The number of benzene rings is 1. The van der Waals surface area contributed by atoms with Crippen LogP contribution in [0.4, 0.5) is 8.78 Å². The summed E-state index contributed by atoms with van der Waals surface area (Å²) in [5.74, 6) is -0.959. The van der Waals surface area contributed by atoms with Gasteiger partial charge in [-0.2, -0.15) is 0 Å². The van der Waals surface area contributed by atoms with Crippen molar-refractivity contribution in [1.82, 2.24) is 10.2 Å². The monoisotopic (exact) mass is 276 g/mol. The van der Waals surface area contributed by atoms with Crippen LogP contribution in [0, 0.1) is 11.6 Å². The lowest BCUT2D eigenvalue weighted by Gasteiger charge is -2.24. The minimum absolute atomic E-state index is 0. The number of hydrogen-bond acceptors (Lipinski definition) is 2. The molecule has 0 radical (unpaired) electrons. The molecule has 1 fully saturated rings. The number of halogens is 3. The lowest BCUT2D eigenvalue weighted by molar-refractivity contribution is 0.239. The van der Waals surface area contributed by atoms with Gasteiger partial charge >= 0.3 is 0 Å². The Morgan fingerprint density at radius 2 is 2.17 bits per heavy atom. The maximum atomic E-state index is 13.5. The van der Waals surface area contributed by atoms with Gasteiger partial charge in [-0.3, -0.25) is 4.90 Å². The summed E-state index contributed by atoms with van der Waals surface area (Å²) >= 11 is 0. The van der Waals surface area contributed by atoms with Crippen LogP contribution in [0.5, 0.6) is 0 Å². The number of nitrogens with zero attached hydrogens (tertiary/aromatic N) is 1. The molecule has 5 heteroatoms. The van der Waals surface area contributed by atoms with Crippen LogP contribution in [0.2, 0.25) is 0 Å². The summed E-state index contributed by atoms with van der Waals surface area (Å²) in [7, 11) is 1.93. The van der Waals surface area contributed by atoms with Crippen LogP contribution >= 0.6 is 12.4 Å². The Morgan fingerprint density at radius 3 is 2.83 bits per heavy atom. The minimum atomic E-state index is -0.514. The predicted octanol–water partition coefficient (Wildman–Crippen LogP) is 2.57. The smallest absolute Gasteiger partial charge is 0.130 e. The van der Waals surface area contributed by atoms with Gasteiger partial charge in [0.15, 0.2) is 0 Å². The first-order valence-electron chi connectivity index (χ1n) is 6.03. The van der Waals surface area contributed by atoms with Crippen molar-refractivity contribution >= 4 is 12.4 Å². The van der Waals surface area contributed by atoms with E-state index in [-0.39, 0.29) is 12.4 Å². The normalized spacial score (nSPS) is 19.8. The molecule has 1 N–H and O–H groups in total. The Bertz CT molecular complexity index is 387. The van der Waals surface area contributed by atoms with E-state index in [1.807, 2.05) is 7.05 Å². The van der Waals surface area contributed by atoms with E-state index in [2.05, 4.69) is 10.2 Å². The van der Waals surface area contributed by atoms with Gasteiger partial charge in [-0.05, 0) is 32.5 Å². The molecule has 1 aliphatic heterocycles. The Kier molecular flexibility index (Phi) is 5.99. The van der Waals surface area contributed by atoms with Crippen LogP contribution in [0.1, 0.15) is 18.4 Å². The van der Waals surface area contributed by atoms with Crippen molar-refractivity contribution in [2.24, 2.45) is 0 Å². The number of nitrogens with one attached hydrogen (secondary N) is 1. The van der Waals surface area contributed by atoms with Gasteiger partial charge in [0.1, 0.15) is 11.6 Å². The third-order valence-electron chi connectivity index (χ3n) is 3.33. The van der Waals surface area contributed by atoms with E-state index >= 15 is 0 Å². The molecule has 0 aliphatic carbocycles. The topological polar surface area (TPSA) is 15.3 Å². The summed E-state index contributed by atoms with van der Waals surface area (Å²) in [5.41, 5.74) is 0.578. The molecule has 0 aromatic heterocycles. The van der Waals surface area contributed by atoms with Crippen LogP contribution in [-0.4, -0.2) is 31.1 Å². The van der Waals surface area contributed by atoms with E-state index in [0.717, 1.165) is 32.0 Å². The molecule has 0 amide bonds. The molecule has 1 heterocycles. The molecule has 1 aliphatic rings. The average molecular weight is 277 g/mol. The molecule has 2 rings (SSSR count). The fourth-order valence-corrected chi connectivity index (χ4v) is 2.44. The van der Waals surface area contributed by atoms with Gasteiger partial charge in [-0.25, -0.2) is 8.78 Å². The third kappa shape index (κ3) is 3.64. The molecule has 1 saturated heterocycles. The van der Waals surface area contributed by atoms with Crippen molar-refractivity contribution < 1.29 is 8.78 Å². The largest absolute Gasteiger partial charge is 0.318 e. The van der Waals surface area contributed by atoms with Gasteiger partial charge in [0.25, 0.3) is 0 Å². The van der Waals surface area contributed by atoms with Crippen LogP contribution < -0.4 is 5.32 Å². The summed E-state index contributed by atoms with van der Waals surface area (Å²) in [6, 6.07) is 4.28. The van der Waals surface area contributed by atoms with Crippen LogP contribution in [0.15, 0.2) is 18.2 Å². The van der Waals surface area contributed by atoms with Crippen molar-refractivity contribution in [2.45, 2.75) is 25.4 Å². The molecule has 0 spiro atoms. The first kappa shape index (κ1) is 15.3. The SMILES string of the molecule is CNCC1CCCN1Cc1ccc(F)cc1F.Cl. The highest BCUT2D eigenvalue weighted by Gasteiger charge is 2.24. The van der Waals surface area contributed by atoms with Gasteiger partial charge in [-0.15, -0.1) is 12.4 Å². The standard InChI is InChI=1S/C13H18F2N2.ClH/c1-16-8-12-3-2-6-17(12)9-10-4-5-11(14)7-13(10)15;/h4-5,7,12,16H,2-3,6,8-9H2,1H3;1H. The molecular formula is C13H19ClF2N2. The predicted molar refractivity (Wildman–Crippen MR) is 71.0 cm³/mol. The van der Waals surface area contributed by atoms with Crippen LogP contribution in [-0.2, 0) is 6.54 Å².